The normalized spacial score (nSPS) is 0. The first kappa shape index (κ1) is 268. The molecule has 0 aromatic rings. The predicted molar refractivity (Wildman–Crippen MR) is 3.43 cm³/mol. The van der Waals surface area contributed by atoms with Crippen molar-refractivity contribution in [3.8, 4) is 0 Å². The Morgan fingerprint density at radius 1 is 0.429 bits per heavy atom. The maximum Gasteiger partial charge on any atom is 5.00 e. The summed E-state index contributed by atoms with van der Waals surface area (Å²) in [5, 5.41) is 0. The summed E-state index contributed by atoms with van der Waals surface area (Å²) in [7, 11) is 0. The zero-order chi connectivity index (χ0) is 0. The summed E-state index contributed by atoms with van der Waals surface area (Å²) in [4.78, 5) is 0. The Morgan fingerprint density at radius 2 is 0.429 bits per heavy atom. The molecule has 0 aliphatic rings. The second-order valence-electron chi connectivity index (χ2n) is 0. The van der Waals surface area contributed by atoms with E-state index in [4.69, 9.17) is 0 Å². The molecular weight excluding hydrogens is 354 g/mol. The summed E-state index contributed by atoms with van der Waals surface area (Å²) in [6.45, 7) is 0. The third-order valence-corrected chi connectivity index (χ3v) is 0. The third-order valence-electron chi connectivity index (χ3n) is 0. The molecule has 7 heteroatoms. The van der Waals surface area contributed by atoms with Crippen molar-refractivity contribution in [3.63, 3.8) is 0 Å². The average molecular weight is 354 g/mol. The van der Waals surface area contributed by atoms with Crippen LogP contribution in [0.15, 0.2) is 0 Å². The van der Waals surface area contributed by atoms with Crippen molar-refractivity contribution in [1.82, 2.24) is 0 Å². The summed E-state index contributed by atoms with van der Waals surface area (Å²) in [5.41, 5.74) is 0. The Hall–Kier alpha value is 1.28. The van der Waals surface area contributed by atoms with E-state index < -0.39 is 0 Å². The molecule has 0 amide bonds. The summed E-state index contributed by atoms with van der Waals surface area (Å²) in [6.07, 6.45) is 0. The van der Waals surface area contributed by atoms with E-state index in [0.29, 0.717) is 0 Å². The van der Waals surface area contributed by atoms with E-state index >= 15 is 0 Å². The van der Waals surface area contributed by atoms with E-state index in [-0.39, 0.29) is 72.1 Å². The summed E-state index contributed by atoms with van der Waals surface area (Å²) < 4.78 is 0. The zero-order valence-electron chi connectivity index (χ0n) is 2.94. The monoisotopic (exact) mass is 354 g/mol. The molecule has 0 aromatic carbocycles. The van der Waals surface area contributed by atoms with Gasteiger partial charge in [-0.05, 0) is 0 Å². The van der Waals surface area contributed by atoms with Crippen molar-refractivity contribution >= 4 is 0 Å². The van der Waals surface area contributed by atoms with Gasteiger partial charge in [0.05, 0.1) is 0 Å². The van der Waals surface area contributed by atoms with Gasteiger partial charge in [0.1, 0.15) is 0 Å². The molecule has 7 heavy (non-hydrogen) atoms. The Morgan fingerprint density at radius 3 is 0.429 bits per heavy atom. The molecule has 0 atom stereocenters. The number of hydrogen-bond donors (Lipinski definition) is 0. The maximum absolute atomic E-state index is 0. The molecule has 0 unspecified atom stereocenters. The second kappa shape index (κ2) is 175. The van der Waals surface area contributed by atoms with Crippen molar-refractivity contribution in [2.75, 3.05) is 0 Å². The quantitative estimate of drug-likeness (QED) is 0.512. The van der Waals surface area contributed by atoms with Gasteiger partial charge in [-0.3, -0.25) is 0 Å². The number of hydrogen-bond acceptors (Lipinski definition) is 0. The average Bonchev–Trinajstić information content (AvgIpc) is 0. The van der Waals surface area contributed by atoms with Gasteiger partial charge < -0.3 is 27.4 Å². The van der Waals surface area contributed by atoms with Crippen molar-refractivity contribution in [1.29, 1.82) is 0 Å². The molecule has 5 nitrogen and oxygen atoms in total. The van der Waals surface area contributed by atoms with Gasteiger partial charge in [-0.25, -0.2) is 0 Å². The molecule has 40 valence electrons. The van der Waals surface area contributed by atoms with E-state index in [1.165, 1.54) is 0 Å². The summed E-state index contributed by atoms with van der Waals surface area (Å²) in [5.74, 6) is 0. The van der Waals surface area contributed by atoms with E-state index in [2.05, 4.69) is 0 Å². The van der Waals surface area contributed by atoms with E-state index in [1.807, 2.05) is 0 Å². The fourth-order valence-corrected chi connectivity index (χ4v) is 0. The third kappa shape index (κ3) is 124. The van der Waals surface area contributed by atoms with Crippen molar-refractivity contribution in [2.45, 2.75) is 0 Å². The van der Waals surface area contributed by atoms with Crippen LogP contribution in [0.2, 0.25) is 0 Å². The van der Waals surface area contributed by atoms with Crippen LogP contribution in [0.5, 0.6) is 0 Å². The van der Waals surface area contributed by atoms with Gasteiger partial charge >= 0.3 is 44.8 Å². The fourth-order valence-electron chi connectivity index (χ4n) is 0. The predicted octanol–water partition coefficient (Wildman–Crippen LogP) is -0.599. The first-order valence-electron chi connectivity index (χ1n) is 0. The van der Waals surface area contributed by atoms with Crippen molar-refractivity contribution in [3.05, 3.63) is 0 Å². The van der Waals surface area contributed by atoms with Gasteiger partial charge in [0.25, 0.3) is 0 Å². The molecule has 0 spiro atoms. The van der Waals surface area contributed by atoms with Crippen LogP contribution in [-0.4, -0.2) is 0 Å². The van der Waals surface area contributed by atoms with Crippen LogP contribution >= 0.6 is 0 Å². The SMILES string of the molecule is [Nb+5].[O-2].[O-2].[O-2].[O-2].[O-2].[Ta+5]. The maximum atomic E-state index is 0. The van der Waals surface area contributed by atoms with Crippen LogP contribution < -0.4 is 0 Å². The molecule has 0 aromatic heterocycles. The van der Waals surface area contributed by atoms with E-state index in [0.717, 1.165) is 0 Å². The minimum atomic E-state index is 0. The molecule has 0 N–H and O–H groups in total. The Labute approximate surface area is 72.0 Å². The Kier molecular flexibility index (Phi) is 6700. The minimum Gasteiger partial charge on any atom is -2.00 e. The van der Waals surface area contributed by atoms with Crippen LogP contribution in [0.4, 0.5) is 0 Å². The van der Waals surface area contributed by atoms with Gasteiger partial charge in [-0.1, -0.05) is 0 Å². The smallest absolute Gasteiger partial charge is 2.00 e. The standard InChI is InChI=1S/Nb.5O.Ta/q+5;5*-2;+5. The van der Waals surface area contributed by atoms with Gasteiger partial charge in [-0.15, -0.1) is 0 Å². The topological polar surface area (TPSA) is 142 Å². The molecule has 0 aliphatic heterocycles. The number of rotatable bonds is 0. The first-order valence-corrected chi connectivity index (χ1v) is 0. The molecule has 0 heterocycles. The van der Waals surface area contributed by atoms with Crippen molar-refractivity contribution < 1.29 is 72.1 Å². The van der Waals surface area contributed by atoms with Crippen molar-refractivity contribution in [2.24, 2.45) is 0 Å². The van der Waals surface area contributed by atoms with Crippen LogP contribution in [0.1, 0.15) is 0 Å². The molecule has 0 saturated heterocycles. The first-order chi connectivity index (χ1) is 0. The van der Waals surface area contributed by atoms with Crippen LogP contribution in [0.25, 0.3) is 0 Å². The largest absolute Gasteiger partial charge is 5.00 e. The Bertz CT molecular complexity index is 8.04. The Balaban J connectivity index is 0. The van der Waals surface area contributed by atoms with Crippen LogP contribution in [-0.2, 0) is 72.1 Å². The minimum absolute atomic E-state index is 0. The molecule has 0 fully saturated rings. The molecule has 0 aliphatic carbocycles. The van der Waals surface area contributed by atoms with Gasteiger partial charge in [0.2, 0.25) is 0 Å². The summed E-state index contributed by atoms with van der Waals surface area (Å²) >= 11 is 0. The molecule has 0 rings (SSSR count). The molecular formula is NbO5Ta. The zero-order valence-corrected chi connectivity index (χ0v) is 8.35. The second-order valence-corrected chi connectivity index (χ2v) is 0. The molecule has 0 saturated carbocycles. The van der Waals surface area contributed by atoms with Gasteiger partial charge in [0.15, 0.2) is 0 Å². The fraction of sp³-hybridized carbons (Fsp3) is 0. The van der Waals surface area contributed by atoms with E-state index in [9.17, 15) is 0 Å². The summed E-state index contributed by atoms with van der Waals surface area (Å²) in [6, 6.07) is 0. The molecule has 0 bridgehead atoms. The molecule has 0 radical (unpaired) electrons. The van der Waals surface area contributed by atoms with Crippen LogP contribution in [0.3, 0.4) is 0 Å². The van der Waals surface area contributed by atoms with Gasteiger partial charge in [0, 0.05) is 0 Å². The van der Waals surface area contributed by atoms with Gasteiger partial charge in [-0.2, -0.15) is 0 Å². The van der Waals surface area contributed by atoms with E-state index in [1.54, 1.807) is 0 Å². The van der Waals surface area contributed by atoms with Crippen LogP contribution in [0, 0.1) is 0 Å².